The Hall–Kier alpha value is -1.14. The number of aliphatic carboxylic acids is 1. The number of nitrogens with one attached hydrogen (secondary N) is 1. The Labute approximate surface area is 126 Å². The van der Waals surface area contributed by atoms with Crippen molar-refractivity contribution in [2.45, 2.75) is 26.2 Å². The molecule has 0 radical (unpaired) electrons. The van der Waals surface area contributed by atoms with Crippen LogP contribution in [-0.4, -0.2) is 72.6 Å². The fourth-order valence-corrected chi connectivity index (χ4v) is 3.24. The van der Waals surface area contributed by atoms with Crippen molar-refractivity contribution in [2.24, 2.45) is 11.8 Å². The van der Waals surface area contributed by atoms with E-state index in [1.165, 1.54) is 13.0 Å². The van der Waals surface area contributed by atoms with E-state index in [0.29, 0.717) is 38.4 Å². The van der Waals surface area contributed by atoms with Crippen molar-refractivity contribution >= 4 is 11.9 Å². The Morgan fingerprint density at radius 2 is 1.90 bits per heavy atom. The van der Waals surface area contributed by atoms with Gasteiger partial charge in [0.25, 0.3) is 0 Å². The van der Waals surface area contributed by atoms with Gasteiger partial charge in [-0.25, -0.2) is 0 Å². The van der Waals surface area contributed by atoms with Gasteiger partial charge in [-0.1, -0.05) is 6.92 Å². The van der Waals surface area contributed by atoms with Gasteiger partial charge in [0.1, 0.15) is 0 Å². The van der Waals surface area contributed by atoms with Gasteiger partial charge >= 0.3 is 5.97 Å². The SMILES string of the molecule is CCN1CCC(CNCC(=O)N2CCC(C(=O)O)CC2)C1. The lowest BCUT2D eigenvalue weighted by Gasteiger charge is -2.30. The number of rotatable bonds is 6. The molecular weight excluding hydrogens is 270 g/mol. The molecule has 1 unspecified atom stereocenters. The molecule has 120 valence electrons. The van der Waals surface area contributed by atoms with Crippen molar-refractivity contribution in [1.29, 1.82) is 0 Å². The maximum atomic E-state index is 12.1. The van der Waals surface area contributed by atoms with Gasteiger partial charge in [0.2, 0.25) is 5.91 Å². The smallest absolute Gasteiger partial charge is 0.306 e. The van der Waals surface area contributed by atoms with E-state index in [1.54, 1.807) is 4.90 Å². The van der Waals surface area contributed by atoms with E-state index >= 15 is 0 Å². The average molecular weight is 297 g/mol. The fraction of sp³-hybridized carbons (Fsp3) is 0.867. The third-order valence-electron chi connectivity index (χ3n) is 4.72. The van der Waals surface area contributed by atoms with Crippen molar-refractivity contribution in [3.63, 3.8) is 0 Å². The first kappa shape index (κ1) is 16.2. The van der Waals surface area contributed by atoms with Crippen LogP contribution in [0.15, 0.2) is 0 Å². The molecule has 2 heterocycles. The largest absolute Gasteiger partial charge is 0.481 e. The Balaban J connectivity index is 1.61. The lowest BCUT2D eigenvalue weighted by Crippen LogP contribution is -2.44. The summed E-state index contributed by atoms with van der Waals surface area (Å²) in [4.78, 5) is 27.2. The molecule has 1 amide bonds. The highest BCUT2D eigenvalue weighted by molar-refractivity contribution is 5.78. The van der Waals surface area contributed by atoms with Gasteiger partial charge in [-0.3, -0.25) is 9.59 Å². The normalized spacial score (nSPS) is 24.4. The molecule has 2 fully saturated rings. The van der Waals surface area contributed by atoms with E-state index < -0.39 is 5.97 Å². The van der Waals surface area contributed by atoms with Crippen molar-refractivity contribution in [3.05, 3.63) is 0 Å². The molecule has 0 bridgehead atoms. The number of carboxylic acid groups (broad SMARTS) is 1. The van der Waals surface area contributed by atoms with Crippen LogP contribution in [0.1, 0.15) is 26.2 Å². The Morgan fingerprint density at radius 3 is 2.48 bits per heavy atom. The van der Waals surface area contributed by atoms with Gasteiger partial charge in [0.15, 0.2) is 0 Å². The first-order valence-corrected chi connectivity index (χ1v) is 8.03. The zero-order valence-electron chi connectivity index (χ0n) is 12.9. The number of amides is 1. The van der Waals surface area contributed by atoms with Crippen molar-refractivity contribution < 1.29 is 14.7 Å². The van der Waals surface area contributed by atoms with Gasteiger partial charge in [-0.05, 0) is 44.8 Å². The number of piperidine rings is 1. The summed E-state index contributed by atoms with van der Waals surface area (Å²) in [6.07, 6.45) is 2.36. The van der Waals surface area contributed by atoms with Crippen LogP contribution < -0.4 is 5.32 Å². The van der Waals surface area contributed by atoms with E-state index in [0.717, 1.165) is 19.6 Å². The number of nitrogens with zero attached hydrogens (tertiary/aromatic N) is 2. The lowest BCUT2D eigenvalue weighted by molar-refractivity contribution is -0.145. The Kier molecular flexibility index (Phi) is 5.99. The number of hydrogen-bond donors (Lipinski definition) is 2. The van der Waals surface area contributed by atoms with Gasteiger partial charge in [0, 0.05) is 19.6 Å². The van der Waals surface area contributed by atoms with E-state index in [2.05, 4.69) is 17.1 Å². The van der Waals surface area contributed by atoms with Crippen molar-refractivity contribution in [2.75, 3.05) is 45.8 Å². The summed E-state index contributed by atoms with van der Waals surface area (Å²) >= 11 is 0. The summed E-state index contributed by atoms with van der Waals surface area (Å²) in [7, 11) is 0. The maximum absolute atomic E-state index is 12.1. The van der Waals surface area contributed by atoms with Crippen LogP contribution in [0.5, 0.6) is 0 Å². The number of carbonyl (C=O) groups is 2. The van der Waals surface area contributed by atoms with Crippen LogP contribution in [0.2, 0.25) is 0 Å². The highest BCUT2D eigenvalue weighted by Crippen LogP contribution is 2.17. The second-order valence-electron chi connectivity index (χ2n) is 6.17. The number of likely N-dealkylation sites (tertiary alicyclic amines) is 2. The highest BCUT2D eigenvalue weighted by atomic mass is 16.4. The Bertz CT molecular complexity index is 367. The molecule has 21 heavy (non-hydrogen) atoms. The van der Waals surface area contributed by atoms with Gasteiger partial charge in [-0.2, -0.15) is 0 Å². The predicted octanol–water partition coefficient (Wildman–Crippen LogP) is 0.241. The first-order valence-electron chi connectivity index (χ1n) is 8.03. The van der Waals surface area contributed by atoms with Crippen LogP contribution in [0.25, 0.3) is 0 Å². The Morgan fingerprint density at radius 1 is 1.19 bits per heavy atom. The second-order valence-corrected chi connectivity index (χ2v) is 6.17. The molecule has 2 aliphatic heterocycles. The van der Waals surface area contributed by atoms with Crippen LogP contribution in [-0.2, 0) is 9.59 Å². The summed E-state index contributed by atoms with van der Waals surface area (Å²) in [6, 6.07) is 0. The summed E-state index contributed by atoms with van der Waals surface area (Å²) in [5.41, 5.74) is 0. The van der Waals surface area contributed by atoms with E-state index in [4.69, 9.17) is 5.11 Å². The van der Waals surface area contributed by atoms with Crippen molar-refractivity contribution in [1.82, 2.24) is 15.1 Å². The molecule has 0 saturated carbocycles. The zero-order valence-corrected chi connectivity index (χ0v) is 12.9. The molecule has 6 heteroatoms. The zero-order chi connectivity index (χ0) is 15.2. The number of carboxylic acids is 1. The van der Waals surface area contributed by atoms with Crippen LogP contribution in [0.4, 0.5) is 0 Å². The molecule has 2 saturated heterocycles. The summed E-state index contributed by atoms with van der Waals surface area (Å²) < 4.78 is 0. The van der Waals surface area contributed by atoms with Crippen LogP contribution in [0.3, 0.4) is 0 Å². The molecule has 0 aromatic carbocycles. The third-order valence-corrected chi connectivity index (χ3v) is 4.72. The average Bonchev–Trinajstić information content (AvgIpc) is 2.95. The van der Waals surface area contributed by atoms with E-state index in [9.17, 15) is 9.59 Å². The standard InChI is InChI=1S/C15H27N3O3/c1-2-17-6-3-12(11-17)9-16-10-14(19)18-7-4-13(5-8-18)15(20)21/h12-13,16H,2-11H2,1H3,(H,20,21). The third kappa shape index (κ3) is 4.68. The topological polar surface area (TPSA) is 72.9 Å². The summed E-state index contributed by atoms with van der Waals surface area (Å²) in [5, 5.41) is 12.2. The summed E-state index contributed by atoms with van der Waals surface area (Å²) in [5.74, 6) is -0.262. The van der Waals surface area contributed by atoms with Gasteiger partial charge < -0.3 is 20.2 Å². The van der Waals surface area contributed by atoms with E-state index in [1.807, 2.05) is 0 Å². The molecule has 6 nitrogen and oxygen atoms in total. The van der Waals surface area contributed by atoms with Gasteiger partial charge in [0.05, 0.1) is 12.5 Å². The maximum Gasteiger partial charge on any atom is 0.306 e. The van der Waals surface area contributed by atoms with E-state index in [-0.39, 0.29) is 11.8 Å². The molecule has 2 rings (SSSR count). The second kappa shape index (κ2) is 7.75. The first-order chi connectivity index (χ1) is 10.1. The molecule has 2 aliphatic rings. The molecule has 0 aromatic rings. The van der Waals surface area contributed by atoms with Gasteiger partial charge in [-0.15, -0.1) is 0 Å². The molecule has 0 aliphatic carbocycles. The number of carbonyl (C=O) groups excluding carboxylic acids is 1. The van der Waals surface area contributed by atoms with Crippen LogP contribution in [0, 0.1) is 11.8 Å². The molecule has 0 aromatic heterocycles. The molecular formula is C15H27N3O3. The van der Waals surface area contributed by atoms with Crippen LogP contribution >= 0.6 is 0 Å². The quantitative estimate of drug-likeness (QED) is 0.735. The minimum Gasteiger partial charge on any atom is -0.481 e. The number of hydrogen-bond acceptors (Lipinski definition) is 4. The minimum absolute atomic E-state index is 0.101. The summed E-state index contributed by atoms with van der Waals surface area (Å²) in [6.45, 7) is 8.00. The highest BCUT2D eigenvalue weighted by Gasteiger charge is 2.27. The van der Waals surface area contributed by atoms with Crippen molar-refractivity contribution in [3.8, 4) is 0 Å². The lowest BCUT2D eigenvalue weighted by atomic mass is 9.97. The fourth-order valence-electron chi connectivity index (χ4n) is 3.24. The minimum atomic E-state index is -0.734. The molecule has 2 N–H and O–H groups in total. The molecule has 0 spiro atoms. The predicted molar refractivity (Wildman–Crippen MR) is 80.0 cm³/mol. The molecule has 1 atom stereocenters. The monoisotopic (exact) mass is 297 g/mol.